The van der Waals surface area contributed by atoms with Gasteiger partial charge in [-0.15, -0.1) is 0 Å². The van der Waals surface area contributed by atoms with Gasteiger partial charge in [0.05, 0.1) is 73.8 Å². The summed E-state index contributed by atoms with van der Waals surface area (Å²) in [6.45, 7) is 12.0. The maximum atomic E-state index is 14.5. The van der Waals surface area contributed by atoms with Crippen LogP contribution in [0.1, 0.15) is 20.8 Å². The number of carbonyl (C=O) groups is 2. The van der Waals surface area contributed by atoms with Crippen molar-refractivity contribution in [2.24, 2.45) is 5.73 Å². The highest BCUT2D eigenvalue weighted by molar-refractivity contribution is 7.80. The zero-order valence-electron chi connectivity index (χ0n) is 28.0. The van der Waals surface area contributed by atoms with E-state index in [1.165, 1.54) is 21.9 Å². The van der Waals surface area contributed by atoms with Crippen LogP contribution >= 0.6 is 24.4 Å². The van der Waals surface area contributed by atoms with Gasteiger partial charge in [0, 0.05) is 32.7 Å². The maximum Gasteiger partial charge on any atom is 0.414 e. The van der Waals surface area contributed by atoms with E-state index in [0.717, 1.165) is 4.86 Å². The van der Waals surface area contributed by atoms with Gasteiger partial charge >= 0.3 is 12.2 Å². The fourth-order valence-electron chi connectivity index (χ4n) is 5.40. The van der Waals surface area contributed by atoms with E-state index in [-0.39, 0.29) is 30.4 Å². The van der Waals surface area contributed by atoms with Crippen molar-refractivity contribution in [2.75, 3.05) is 98.4 Å². The van der Waals surface area contributed by atoms with Crippen molar-refractivity contribution in [1.29, 1.82) is 0 Å². The number of thiocarbonyl (C=S) groups is 2. The third kappa shape index (κ3) is 10.9. The van der Waals surface area contributed by atoms with E-state index in [9.17, 15) is 18.4 Å². The van der Waals surface area contributed by atoms with Gasteiger partial charge in [-0.25, -0.2) is 18.4 Å². The first kappa shape index (κ1) is 38.1. The highest BCUT2D eigenvalue weighted by Crippen LogP contribution is 2.29. The number of nitrogens with one attached hydrogen (secondary N) is 1. The molecule has 0 radical (unpaired) electrons. The first-order valence-electron chi connectivity index (χ1n) is 16.1. The highest BCUT2D eigenvalue weighted by Gasteiger charge is 2.33. The lowest BCUT2D eigenvalue weighted by Gasteiger charge is -2.29. The molecule has 6 rings (SSSR count). The molecule has 12 nitrogen and oxygen atoms in total. The molecule has 0 unspecified atom stereocenters. The minimum Gasteiger partial charge on any atom is -0.443 e. The second-order valence-corrected chi connectivity index (χ2v) is 13.2. The van der Waals surface area contributed by atoms with Crippen LogP contribution in [0.2, 0.25) is 0 Å². The summed E-state index contributed by atoms with van der Waals surface area (Å²) in [4.78, 5) is 32.1. The molecule has 49 heavy (non-hydrogen) atoms. The standard InChI is InChI=1S/C16H20FN3O3S.C14H18FN3O3.C3H6S/c1-11(24)18-9-13-10-20(16(21)23-13)12-2-3-15(14(17)8-12)19-4-6-22-7-5-19;15-12-7-10(18-9-11(8-16)21-14(18)19)1-2-13(12)17-3-5-20-6-4-17;1-3(2)4/h2-3,8,13H,4-7,9-10H2,1H3,(H,18,24);1-2,7,11H,3-6,8-9,16H2;1-2H3/t13-;11-;/m00./s1. The third-order valence-corrected chi connectivity index (χ3v) is 7.92. The molecule has 2 aromatic carbocycles. The monoisotopic (exact) mass is 722 g/mol. The van der Waals surface area contributed by atoms with Crippen molar-refractivity contribution < 1.29 is 37.3 Å². The number of anilines is 4. The molecule has 0 spiro atoms. The Hall–Kier alpha value is -3.70. The second-order valence-electron chi connectivity index (χ2n) is 11.8. The Bertz CT molecular complexity index is 1470. The van der Waals surface area contributed by atoms with Crippen LogP contribution in [0.3, 0.4) is 0 Å². The second kappa shape index (κ2) is 18.3. The Morgan fingerprint density at radius 2 is 1.18 bits per heavy atom. The van der Waals surface area contributed by atoms with E-state index in [2.05, 4.69) is 17.5 Å². The molecule has 0 aliphatic carbocycles. The summed E-state index contributed by atoms with van der Waals surface area (Å²) in [5.41, 5.74) is 7.54. The van der Waals surface area contributed by atoms with Gasteiger partial charge in [-0.1, -0.05) is 24.4 Å². The average Bonchev–Trinajstić information content (AvgIpc) is 3.66. The van der Waals surface area contributed by atoms with E-state index >= 15 is 0 Å². The van der Waals surface area contributed by atoms with Crippen molar-refractivity contribution in [3.63, 3.8) is 0 Å². The summed E-state index contributed by atoms with van der Waals surface area (Å²) in [5.74, 6) is -0.697. The first-order chi connectivity index (χ1) is 23.5. The van der Waals surface area contributed by atoms with Crippen LogP contribution in [-0.2, 0) is 18.9 Å². The van der Waals surface area contributed by atoms with Crippen LogP contribution in [0.25, 0.3) is 0 Å². The summed E-state index contributed by atoms with van der Waals surface area (Å²) in [6.07, 6.45) is -1.59. The van der Waals surface area contributed by atoms with Crippen LogP contribution < -0.4 is 30.7 Å². The van der Waals surface area contributed by atoms with Gasteiger partial charge < -0.3 is 39.8 Å². The summed E-state index contributed by atoms with van der Waals surface area (Å²) in [7, 11) is 0. The average molecular weight is 723 g/mol. The molecule has 4 aliphatic heterocycles. The van der Waals surface area contributed by atoms with Gasteiger partial charge in [0.1, 0.15) is 23.8 Å². The molecule has 4 saturated heterocycles. The topological polar surface area (TPSA) is 122 Å². The zero-order valence-corrected chi connectivity index (χ0v) is 29.6. The van der Waals surface area contributed by atoms with Gasteiger partial charge in [-0.2, -0.15) is 0 Å². The van der Waals surface area contributed by atoms with Crippen molar-refractivity contribution in [2.45, 2.75) is 33.0 Å². The fourth-order valence-corrected chi connectivity index (χ4v) is 5.48. The minimum atomic E-state index is -0.482. The number of carbonyl (C=O) groups excluding carboxylic acids is 2. The van der Waals surface area contributed by atoms with Gasteiger partial charge in [-0.05, 0) is 62.0 Å². The van der Waals surface area contributed by atoms with Crippen LogP contribution in [0.4, 0.5) is 41.1 Å². The van der Waals surface area contributed by atoms with Crippen LogP contribution in [0.5, 0.6) is 0 Å². The molecule has 3 N–H and O–H groups in total. The van der Waals surface area contributed by atoms with Gasteiger partial charge in [0.15, 0.2) is 0 Å². The Morgan fingerprint density at radius 1 is 0.776 bits per heavy atom. The fraction of sp³-hybridized carbons (Fsp3) is 0.515. The molecular weight excluding hydrogens is 679 g/mol. The number of amides is 2. The molecule has 16 heteroatoms. The lowest BCUT2D eigenvalue weighted by Crippen LogP contribution is -2.36. The molecule has 4 fully saturated rings. The smallest absolute Gasteiger partial charge is 0.414 e. The van der Waals surface area contributed by atoms with Gasteiger partial charge in [0.25, 0.3) is 0 Å². The minimum absolute atomic E-state index is 0.260. The van der Waals surface area contributed by atoms with Crippen LogP contribution in [-0.4, -0.2) is 113 Å². The highest BCUT2D eigenvalue weighted by atomic mass is 32.1. The first-order valence-corrected chi connectivity index (χ1v) is 16.9. The number of morpholine rings is 2. The van der Waals surface area contributed by atoms with Crippen molar-refractivity contribution in [3.05, 3.63) is 48.0 Å². The van der Waals surface area contributed by atoms with E-state index < -0.39 is 12.2 Å². The van der Waals surface area contributed by atoms with Crippen LogP contribution in [0, 0.1) is 11.6 Å². The predicted molar refractivity (Wildman–Crippen MR) is 193 cm³/mol. The molecule has 4 aliphatic rings. The molecule has 2 aromatic rings. The summed E-state index contributed by atoms with van der Waals surface area (Å²) >= 11 is 9.48. The largest absolute Gasteiger partial charge is 0.443 e. The van der Waals surface area contributed by atoms with E-state index in [0.29, 0.717) is 100.0 Å². The number of benzene rings is 2. The Kier molecular flexibility index (Phi) is 14.3. The van der Waals surface area contributed by atoms with E-state index in [1.807, 2.05) is 23.6 Å². The molecule has 0 aromatic heterocycles. The lowest BCUT2D eigenvalue weighted by atomic mass is 10.2. The van der Waals surface area contributed by atoms with Gasteiger partial charge in [0.2, 0.25) is 0 Å². The molecule has 0 saturated carbocycles. The quantitative estimate of drug-likeness (QED) is 0.397. The Morgan fingerprint density at radius 3 is 1.55 bits per heavy atom. The Labute approximate surface area is 296 Å². The van der Waals surface area contributed by atoms with Crippen molar-refractivity contribution >= 4 is 69.2 Å². The number of halogens is 2. The normalized spacial score (nSPS) is 20.4. The number of rotatable bonds is 7. The molecular formula is C33H44F2N6O6S2. The third-order valence-electron chi connectivity index (χ3n) is 7.78. The molecule has 268 valence electrons. The van der Waals surface area contributed by atoms with E-state index in [4.69, 9.17) is 36.9 Å². The zero-order chi connectivity index (χ0) is 35.5. The molecule has 2 atom stereocenters. The van der Waals surface area contributed by atoms with Crippen molar-refractivity contribution in [3.8, 4) is 0 Å². The molecule has 2 amide bonds. The summed E-state index contributed by atoms with van der Waals surface area (Å²) in [6, 6.07) is 9.62. The maximum absolute atomic E-state index is 14.5. The molecule has 4 heterocycles. The van der Waals surface area contributed by atoms with E-state index in [1.54, 1.807) is 31.2 Å². The number of cyclic esters (lactones) is 2. The lowest BCUT2D eigenvalue weighted by molar-refractivity contribution is 0.122. The number of hydrogen-bond acceptors (Lipinski definition) is 11. The van der Waals surface area contributed by atoms with Crippen LogP contribution in [0.15, 0.2) is 36.4 Å². The van der Waals surface area contributed by atoms with Gasteiger partial charge in [-0.3, -0.25) is 9.80 Å². The number of ether oxygens (including phenoxy) is 4. The number of hydrogen-bond donors (Lipinski definition) is 2. The predicted octanol–water partition coefficient (Wildman–Crippen LogP) is 4.27. The number of nitrogens with two attached hydrogens (primary N) is 1. The number of nitrogens with zero attached hydrogens (tertiary/aromatic N) is 4. The Balaban J connectivity index is 0.000000201. The summed E-state index contributed by atoms with van der Waals surface area (Å²) < 4.78 is 49.7. The van der Waals surface area contributed by atoms with Crippen molar-refractivity contribution in [1.82, 2.24) is 5.32 Å². The molecule has 0 bridgehead atoms. The SMILES string of the molecule is CC(=S)NC[C@H]1CN(c2ccc(N3CCOCC3)c(F)c2)C(=O)O1.CC(C)=S.NC[C@H]1CN(c2ccc(N3CCOCC3)c(F)c2)C(=O)O1. The summed E-state index contributed by atoms with van der Waals surface area (Å²) in [5, 5.41) is 2.98.